The van der Waals surface area contributed by atoms with E-state index in [0.717, 1.165) is 0 Å². The lowest BCUT2D eigenvalue weighted by atomic mass is 10.0. The molecule has 2 rings (SSSR count). The van der Waals surface area contributed by atoms with E-state index in [1.54, 1.807) is 7.11 Å². The van der Waals surface area contributed by atoms with Gasteiger partial charge >= 0.3 is 5.97 Å². The Morgan fingerprint density at radius 2 is 2.21 bits per heavy atom. The number of hydrogen-bond acceptors (Lipinski definition) is 8. The van der Waals surface area contributed by atoms with E-state index in [0.29, 0.717) is 32.7 Å². The molecule has 0 radical (unpaired) electrons. The van der Waals surface area contributed by atoms with Gasteiger partial charge in [-0.2, -0.15) is 4.98 Å². The third-order valence-electron chi connectivity index (χ3n) is 4.45. The zero-order valence-electron chi connectivity index (χ0n) is 15.8. The summed E-state index contributed by atoms with van der Waals surface area (Å²) in [5.74, 6) is -1.19. The maximum atomic E-state index is 12.7. The zero-order chi connectivity index (χ0) is 20.7. The summed E-state index contributed by atoms with van der Waals surface area (Å²) in [5, 5.41) is 11.7. The standard InChI is InChI=1S/C17H25ClN4O6/c1-26-13-8-22(5-6-28-9-14(23)24)4-3-12(13)20-16(25)10-7-11(18)15(19)21-17(10)27-2/h7,12-13H,3-6,8-9H2,1-2H3,(H2,19,21)(H,20,25)(H,23,24)/t12-,13+/m1/s1. The van der Waals surface area contributed by atoms with Crippen molar-refractivity contribution in [2.24, 2.45) is 0 Å². The van der Waals surface area contributed by atoms with Crippen LogP contribution in [-0.4, -0.2) is 86.1 Å². The first-order valence-electron chi connectivity index (χ1n) is 8.71. The minimum absolute atomic E-state index is 0.0864. The number of aliphatic carboxylic acids is 1. The van der Waals surface area contributed by atoms with Gasteiger partial charge in [-0.25, -0.2) is 4.79 Å². The van der Waals surface area contributed by atoms with Gasteiger partial charge in [0, 0.05) is 26.7 Å². The maximum Gasteiger partial charge on any atom is 0.329 e. The predicted octanol–water partition coefficient (Wildman–Crippen LogP) is 0.246. The van der Waals surface area contributed by atoms with Crippen LogP contribution in [0.5, 0.6) is 5.88 Å². The molecule has 1 saturated heterocycles. The zero-order valence-corrected chi connectivity index (χ0v) is 16.6. The van der Waals surface area contributed by atoms with Crippen molar-refractivity contribution >= 4 is 29.3 Å². The lowest BCUT2D eigenvalue weighted by molar-refractivity contribution is -0.142. The highest BCUT2D eigenvalue weighted by Gasteiger charge is 2.31. The second-order valence-electron chi connectivity index (χ2n) is 6.30. The molecule has 10 nitrogen and oxygen atoms in total. The Morgan fingerprint density at radius 1 is 1.46 bits per heavy atom. The van der Waals surface area contributed by atoms with Gasteiger partial charge in [0.25, 0.3) is 5.91 Å². The first-order valence-corrected chi connectivity index (χ1v) is 9.09. The summed E-state index contributed by atoms with van der Waals surface area (Å²) in [7, 11) is 2.98. The van der Waals surface area contributed by atoms with Gasteiger partial charge in [0.15, 0.2) is 0 Å². The number of amides is 1. The number of likely N-dealkylation sites (tertiary alicyclic amines) is 1. The average Bonchev–Trinajstić information content (AvgIpc) is 2.67. The second-order valence-corrected chi connectivity index (χ2v) is 6.71. The Hall–Kier alpha value is -2.14. The Morgan fingerprint density at radius 3 is 2.86 bits per heavy atom. The molecule has 28 heavy (non-hydrogen) atoms. The van der Waals surface area contributed by atoms with E-state index >= 15 is 0 Å². The van der Waals surface area contributed by atoms with E-state index in [2.05, 4.69) is 15.2 Å². The largest absolute Gasteiger partial charge is 0.480 e. The van der Waals surface area contributed by atoms with Crippen LogP contribution in [0.3, 0.4) is 0 Å². The van der Waals surface area contributed by atoms with Gasteiger partial charge < -0.3 is 30.4 Å². The van der Waals surface area contributed by atoms with Crippen LogP contribution >= 0.6 is 11.6 Å². The number of hydrogen-bond donors (Lipinski definition) is 3. The molecule has 1 aliphatic heterocycles. The third-order valence-corrected chi connectivity index (χ3v) is 4.75. The van der Waals surface area contributed by atoms with E-state index in [9.17, 15) is 9.59 Å². The summed E-state index contributed by atoms with van der Waals surface area (Å²) < 4.78 is 15.7. The van der Waals surface area contributed by atoms with Crippen molar-refractivity contribution < 1.29 is 28.9 Å². The van der Waals surface area contributed by atoms with Crippen molar-refractivity contribution in [1.29, 1.82) is 0 Å². The number of ether oxygens (including phenoxy) is 3. The predicted molar refractivity (Wildman–Crippen MR) is 102 cm³/mol. The maximum absolute atomic E-state index is 12.7. The fourth-order valence-electron chi connectivity index (χ4n) is 2.99. The van der Waals surface area contributed by atoms with Crippen molar-refractivity contribution in [3.05, 3.63) is 16.7 Å². The molecule has 1 aromatic rings. The van der Waals surface area contributed by atoms with Gasteiger partial charge in [0.05, 0.1) is 30.9 Å². The number of methoxy groups -OCH3 is 2. The molecule has 1 aliphatic rings. The normalized spacial score (nSPS) is 20.0. The van der Waals surface area contributed by atoms with Gasteiger partial charge in [0.1, 0.15) is 18.0 Å². The fourth-order valence-corrected chi connectivity index (χ4v) is 3.14. The van der Waals surface area contributed by atoms with Gasteiger partial charge in [-0.1, -0.05) is 11.6 Å². The quantitative estimate of drug-likeness (QED) is 0.483. The number of carbonyl (C=O) groups is 2. The van der Waals surface area contributed by atoms with Crippen molar-refractivity contribution in [2.75, 3.05) is 52.8 Å². The molecule has 2 heterocycles. The molecule has 2 atom stereocenters. The Balaban J connectivity index is 1.95. The number of anilines is 1. The summed E-state index contributed by atoms with van der Waals surface area (Å²) in [6.07, 6.45) is 0.419. The molecule has 1 amide bonds. The Labute approximate surface area is 167 Å². The molecule has 0 spiro atoms. The average molecular weight is 417 g/mol. The smallest absolute Gasteiger partial charge is 0.329 e. The summed E-state index contributed by atoms with van der Waals surface area (Å²) in [6.45, 7) is 1.86. The van der Waals surface area contributed by atoms with E-state index in [4.69, 9.17) is 36.7 Å². The van der Waals surface area contributed by atoms with Crippen molar-refractivity contribution in [2.45, 2.75) is 18.6 Å². The number of nitrogen functional groups attached to an aromatic ring is 1. The molecule has 1 aromatic heterocycles. The van der Waals surface area contributed by atoms with Crippen LogP contribution in [0.2, 0.25) is 5.02 Å². The Kier molecular flexibility index (Phi) is 8.24. The summed E-state index contributed by atoms with van der Waals surface area (Å²) in [5.41, 5.74) is 5.85. The molecule has 0 unspecified atom stereocenters. The summed E-state index contributed by atoms with van der Waals surface area (Å²) >= 11 is 5.98. The third kappa shape index (κ3) is 5.93. The van der Waals surface area contributed by atoms with Crippen LogP contribution in [-0.2, 0) is 14.3 Å². The fraction of sp³-hybridized carbons (Fsp3) is 0.588. The van der Waals surface area contributed by atoms with Crippen LogP contribution in [0.1, 0.15) is 16.8 Å². The molecule has 1 fully saturated rings. The summed E-state index contributed by atoms with van der Waals surface area (Å²) in [6, 6.07) is 1.21. The van der Waals surface area contributed by atoms with Crippen LogP contribution < -0.4 is 15.8 Å². The highest BCUT2D eigenvalue weighted by molar-refractivity contribution is 6.33. The number of carboxylic acids is 1. The van der Waals surface area contributed by atoms with Gasteiger partial charge in [0.2, 0.25) is 5.88 Å². The SMILES string of the molecule is COc1nc(N)c(Cl)cc1C(=O)N[C@@H]1CCN(CCOCC(=O)O)C[C@@H]1OC. The van der Waals surface area contributed by atoms with E-state index in [1.807, 2.05) is 0 Å². The van der Waals surface area contributed by atoms with Crippen LogP contribution in [0, 0.1) is 0 Å². The highest BCUT2D eigenvalue weighted by atomic mass is 35.5. The summed E-state index contributed by atoms with van der Waals surface area (Å²) in [4.78, 5) is 29.2. The molecule has 156 valence electrons. The molecule has 0 aliphatic carbocycles. The number of pyridine rings is 1. The van der Waals surface area contributed by atoms with Crippen LogP contribution in [0.15, 0.2) is 6.07 Å². The number of nitrogens with zero attached hydrogens (tertiary/aromatic N) is 2. The van der Waals surface area contributed by atoms with Crippen molar-refractivity contribution in [3.63, 3.8) is 0 Å². The number of halogens is 1. The number of nitrogens with two attached hydrogens (primary N) is 1. The number of aromatic nitrogens is 1. The molecule has 4 N–H and O–H groups in total. The monoisotopic (exact) mass is 416 g/mol. The van der Waals surface area contributed by atoms with Gasteiger partial charge in [-0.15, -0.1) is 0 Å². The second kappa shape index (κ2) is 10.4. The van der Waals surface area contributed by atoms with Crippen molar-refractivity contribution in [1.82, 2.24) is 15.2 Å². The van der Waals surface area contributed by atoms with Gasteiger partial charge in [-0.05, 0) is 12.5 Å². The van der Waals surface area contributed by atoms with Gasteiger partial charge in [-0.3, -0.25) is 9.69 Å². The molecule has 0 saturated carbocycles. The molecule has 0 bridgehead atoms. The Bertz CT molecular complexity index is 704. The molecular weight excluding hydrogens is 392 g/mol. The molecule has 0 aromatic carbocycles. The van der Waals surface area contributed by atoms with E-state index in [1.165, 1.54) is 13.2 Å². The number of rotatable bonds is 9. The number of carbonyl (C=O) groups excluding carboxylic acids is 1. The first kappa shape index (κ1) is 22.2. The topological polar surface area (TPSA) is 136 Å². The van der Waals surface area contributed by atoms with Crippen LogP contribution in [0.4, 0.5) is 5.82 Å². The highest BCUT2D eigenvalue weighted by Crippen LogP contribution is 2.25. The number of nitrogens with one attached hydrogen (secondary N) is 1. The molecule has 11 heteroatoms. The minimum Gasteiger partial charge on any atom is -0.480 e. The minimum atomic E-state index is -0.996. The lowest BCUT2D eigenvalue weighted by Gasteiger charge is -2.38. The molecular formula is C17H25ClN4O6. The first-order chi connectivity index (χ1) is 13.3. The number of piperidine rings is 1. The lowest BCUT2D eigenvalue weighted by Crippen LogP contribution is -2.55. The van der Waals surface area contributed by atoms with Crippen LogP contribution in [0.25, 0.3) is 0 Å². The van der Waals surface area contributed by atoms with E-state index < -0.39 is 5.97 Å². The number of carboxylic acid groups (broad SMARTS) is 1. The van der Waals surface area contributed by atoms with Crippen molar-refractivity contribution in [3.8, 4) is 5.88 Å². The van der Waals surface area contributed by atoms with E-state index in [-0.39, 0.29) is 46.9 Å².